The molecule has 30 heavy (non-hydrogen) atoms. The van der Waals surface area contributed by atoms with Gasteiger partial charge in [-0.3, -0.25) is 0 Å². The van der Waals surface area contributed by atoms with Gasteiger partial charge in [-0.2, -0.15) is 0 Å². The lowest BCUT2D eigenvalue weighted by Gasteiger charge is -2.24. The van der Waals surface area contributed by atoms with Gasteiger partial charge in [-0.05, 0) is 19.9 Å². The predicted molar refractivity (Wildman–Crippen MR) is 118 cm³/mol. The molecule has 4 N–H and O–H groups in total. The average Bonchev–Trinajstić information content (AvgIpc) is 2.82. The van der Waals surface area contributed by atoms with Gasteiger partial charge in [0.05, 0.1) is 6.54 Å². The number of amides is 2. The van der Waals surface area contributed by atoms with Crippen molar-refractivity contribution < 1.29 is 36.1 Å². The summed E-state index contributed by atoms with van der Waals surface area (Å²) in [4.78, 5) is 24.0. The Labute approximate surface area is 182 Å². The molecule has 0 aromatic rings. The number of urea groups is 1. The van der Waals surface area contributed by atoms with Crippen LogP contribution in [0.25, 0.3) is 0 Å². The van der Waals surface area contributed by atoms with E-state index in [1.54, 1.807) is 49.7 Å². The van der Waals surface area contributed by atoms with Gasteiger partial charge in [-0.15, -0.1) is 0 Å². The highest BCUT2D eigenvalue weighted by Crippen LogP contribution is 2.15. The first kappa shape index (κ1) is 33.4. The van der Waals surface area contributed by atoms with Crippen LogP contribution in [0.5, 0.6) is 0 Å². The van der Waals surface area contributed by atoms with Crippen LogP contribution in [0.15, 0.2) is 4.99 Å². The van der Waals surface area contributed by atoms with Crippen molar-refractivity contribution in [2.24, 2.45) is 10.7 Å². The number of nitrogens with two attached hydrogens (primary N) is 1. The molecule has 0 aromatic heterocycles. The van der Waals surface area contributed by atoms with Crippen LogP contribution in [0.2, 0.25) is 12.1 Å². The van der Waals surface area contributed by atoms with Crippen LogP contribution >= 0.6 is 0 Å². The van der Waals surface area contributed by atoms with Crippen molar-refractivity contribution in [3.8, 4) is 0 Å². The standard InChI is InChI=1S/C8H20N2O4Si.C7H15NO4Si.CH5N/c1-9-8(11)10-6-5-7-15(12-2,13-3)14-4;1-10-13(11-2,12-3)6-4-5-8-7-9;1-2/h5-7H2,1-4H3,(H2,9,10,11);4-6H2,1-3H3;2H2,1H3. The van der Waals surface area contributed by atoms with E-state index < -0.39 is 17.6 Å². The Morgan fingerprint density at radius 3 is 1.60 bits per heavy atom. The van der Waals surface area contributed by atoms with E-state index in [4.69, 9.17) is 26.6 Å². The maximum atomic E-state index is 10.8. The number of nitrogens with one attached hydrogen (secondary N) is 2. The minimum absolute atomic E-state index is 0.186. The molecule has 0 saturated carbocycles. The Morgan fingerprint density at radius 1 is 0.867 bits per heavy atom. The van der Waals surface area contributed by atoms with Gasteiger partial charge < -0.3 is 42.9 Å². The molecular weight excluding hydrogens is 432 g/mol. The van der Waals surface area contributed by atoms with Gasteiger partial charge in [0.25, 0.3) is 0 Å². The Kier molecular flexibility index (Phi) is 25.1. The van der Waals surface area contributed by atoms with E-state index in [0.29, 0.717) is 31.6 Å². The zero-order chi connectivity index (χ0) is 23.9. The van der Waals surface area contributed by atoms with Crippen LogP contribution in [0.1, 0.15) is 12.8 Å². The number of rotatable bonds is 14. The van der Waals surface area contributed by atoms with Crippen LogP contribution in [0.4, 0.5) is 4.79 Å². The first-order valence-electron chi connectivity index (χ1n) is 9.26. The van der Waals surface area contributed by atoms with Crippen LogP contribution in [-0.4, -0.2) is 99.6 Å². The monoisotopic (exact) mass is 472 g/mol. The minimum Gasteiger partial charge on any atom is -0.377 e. The summed E-state index contributed by atoms with van der Waals surface area (Å²) in [6.45, 7) is 1.01. The molecule has 0 aliphatic carbocycles. The molecule has 0 spiro atoms. The zero-order valence-electron chi connectivity index (χ0n) is 19.5. The van der Waals surface area contributed by atoms with E-state index in [1.165, 1.54) is 13.1 Å². The summed E-state index contributed by atoms with van der Waals surface area (Å²) < 4.78 is 31.2. The molecular formula is C16H40N4O8Si2. The normalized spacial score (nSPS) is 10.6. The summed E-state index contributed by atoms with van der Waals surface area (Å²) >= 11 is 0. The Balaban J connectivity index is -0.000000452. The second-order valence-corrected chi connectivity index (χ2v) is 11.5. The fourth-order valence-electron chi connectivity index (χ4n) is 2.13. The number of aliphatic imine (C=N–C) groups is 1. The van der Waals surface area contributed by atoms with Crippen molar-refractivity contribution >= 4 is 29.7 Å². The Morgan fingerprint density at radius 2 is 1.27 bits per heavy atom. The van der Waals surface area contributed by atoms with Crippen LogP contribution in [-0.2, 0) is 31.4 Å². The van der Waals surface area contributed by atoms with Crippen molar-refractivity contribution in [1.82, 2.24) is 10.6 Å². The predicted octanol–water partition coefficient (Wildman–Crippen LogP) is 0.349. The van der Waals surface area contributed by atoms with E-state index in [-0.39, 0.29) is 6.03 Å². The highest BCUT2D eigenvalue weighted by atomic mass is 28.4. The molecule has 12 nitrogen and oxygen atoms in total. The van der Waals surface area contributed by atoms with Crippen molar-refractivity contribution in [1.29, 1.82) is 0 Å². The molecule has 2 amide bonds. The average molecular weight is 473 g/mol. The highest BCUT2D eigenvalue weighted by molar-refractivity contribution is 6.60. The number of nitrogens with zero attached hydrogens (tertiary/aromatic N) is 1. The largest absolute Gasteiger partial charge is 0.500 e. The molecule has 0 saturated heterocycles. The number of hydrogen-bond acceptors (Lipinski definition) is 10. The summed E-state index contributed by atoms with van der Waals surface area (Å²) in [6, 6.07) is 1.15. The van der Waals surface area contributed by atoms with Gasteiger partial charge in [-0.25, -0.2) is 14.6 Å². The van der Waals surface area contributed by atoms with E-state index in [0.717, 1.165) is 6.42 Å². The van der Waals surface area contributed by atoms with Crippen molar-refractivity contribution in [2.45, 2.75) is 24.9 Å². The number of carbonyl (C=O) groups excluding carboxylic acids is 2. The van der Waals surface area contributed by atoms with E-state index in [2.05, 4.69) is 21.4 Å². The quantitative estimate of drug-likeness (QED) is 0.141. The van der Waals surface area contributed by atoms with Gasteiger partial charge in [0.1, 0.15) is 0 Å². The SMILES string of the molecule is CN.CNC(=O)NCCC[Si](OC)(OC)OC.CO[Si](CCCN=C=O)(OC)OC. The molecule has 0 aliphatic rings. The molecule has 0 atom stereocenters. The second-order valence-electron chi connectivity index (χ2n) is 5.28. The van der Waals surface area contributed by atoms with Gasteiger partial charge in [0.15, 0.2) is 0 Å². The molecule has 0 aliphatic heterocycles. The molecule has 0 bridgehead atoms. The third-order valence-corrected chi connectivity index (χ3v) is 9.52. The first-order valence-corrected chi connectivity index (χ1v) is 13.1. The van der Waals surface area contributed by atoms with E-state index >= 15 is 0 Å². The fourth-order valence-corrected chi connectivity index (χ4v) is 5.55. The Hall–Kier alpha value is -1.20. The summed E-state index contributed by atoms with van der Waals surface area (Å²) in [7, 11) is 7.55. The molecule has 0 rings (SSSR count). The van der Waals surface area contributed by atoms with Crippen molar-refractivity contribution in [2.75, 3.05) is 69.8 Å². The lowest BCUT2D eigenvalue weighted by Crippen LogP contribution is -2.43. The molecule has 0 heterocycles. The van der Waals surface area contributed by atoms with E-state index in [9.17, 15) is 9.59 Å². The van der Waals surface area contributed by atoms with E-state index in [1.807, 2.05) is 0 Å². The fraction of sp³-hybridized carbons (Fsp3) is 0.875. The summed E-state index contributed by atoms with van der Waals surface area (Å²) in [6.07, 6.45) is 2.94. The lowest BCUT2D eigenvalue weighted by molar-refractivity contribution is 0.122. The van der Waals surface area contributed by atoms with Gasteiger partial charge in [-0.1, -0.05) is 0 Å². The summed E-state index contributed by atoms with van der Waals surface area (Å²) in [5.74, 6) is 0. The maximum absolute atomic E-state index is 10.8. The van der Waals surface area contributed by atoms with Crippen molar-refractivity contribution in [3.63, 3.8) is 0 Å². The number of hydrogen-bond donors (Lipinski definition) is 3. The van der Waals surface area contributed by atoms with Crippen LogP contribution < -0.4 is 16.4 Å². The third kappa shape index (κ3) is 15.6. The second kappa shape index (κ2) is 22.5. The third-order valence-electron chi connectivity index (χ3n) is 3.86. The lowest BCUT2D eigenvalue weighted by atomic mass is 10.5. The highest BCUT2D eigenvalue weighted by Gasteiger charge is 2.37. The van der Waals surface area contributed by atoms with Crippen LogP contribution in [0, 0.1) is 0 Å². The smallest absolute Gasteiger partial charge is 0.377 e. The van der Waals surface area contributed by atoms with Gasteiger partial charge in [0.2, 0.25) is 6.08 Å². The van der Waals surface area contributed by atoms with Crippen molar-refractivity contribution in [3.05, 3.63) is 0 Å². The Bertz CT molecular complexity index is 432. The molecule has 180 valence electrons. The first-order chi connectivity index (χ1) is 14.4. The zero-order valence-corrected chi connectivity index (χ0v) is 21.5. The number of carbonyl (C=O) groups is 1. The molecule has 0 unspecified atom stereocenters. The van der Waals surface area contributed by atoms with Crippen LogP contribution in [0.3, 0.4) is 0 Å². The van der Waals surface area contributed by atoms with Gasteiger partial charge >= 0.3 is 23.6 Å². The minimum atomic E-state index is -2.47. The number of isocyanates is 1. The topological polar surface area (TPSA) is 152 Å². The molecule has 0 radical (unpaired) electrons. The van der Waals surface area contributed by atoms with Gasteiger partial charge in [0, 0.05) is 68.3 Å². The maximum Gasteiger partial charge on any atom is 0.500 e. The molecule has 14 heteroatoms. The summed E-state index contributed by atoms with van der Waals surface area (Å²) in [5, 5.41) is 5.15. The molecule has 0 fully saturated rings. The summed E-state index contributed by atoms with van der Waals surface area (Å²) in [5.41, 5.74) is 4.50. The molecule has 0 aromatic carbocycles.